The van der Waals surface area contributed by atoms with Gasteiger partial charge in [0, 0.05) is 5.54 Å². The lowest BCUT2D eigenvalue weighted by Gasteiger charge is -2.27. The van der Waals surface area contributed by atoms with E-state index in [1.807, 2.05) is 13.8 Å². The minimum absolute atomic E-state index is 0.0347. The lowest BCUT2D eigenvalue weighted by atomic mass is 9.99. The Balaban J connectivity index is 2.47. The highest BCUT2D eigenvalue weighted by atomic mass is 32.1. The first kappa shape index (κ1) is 11.9. The smallest absolute Gasteiger partial charge is 0.233 e. The van der Waals surface area contributed by atoms with Crippen molar-refractivity contribution >= 4 is 18.5 Å². The number of carbonyl (C=O) groups is 1. The molecule has 1 atom stereocenters. The van der Waals surface area contributed by atoms with Crippen LogP contribution in [0.5, 0.6) is 0 Å². The topological polar surface area (TPSA) is 29.1 Å². The van der Waals surface area contributed by atoms with Gasteiger partial charge in [-0.3, -0.25) is 4.79 Å². The Bertz CT molecular complexity index is 209. The van der Waals surface area contributed by atoms with E-state index in [9.17, 15) is 4.79 Å². The van der Waals surface area contributed by atoms with E-state index in [2.05, 4.69) is 24.9 Å². The van der Waals surface area contributed by atoms with E-state index < -0.39 is 0 Å². The molecular formula is C11H21NOS. The zero-order chi connectivity index (χ0) is 10.8. The van der Waals surface area contributed by atoms with Crippen LogP contribution < -0.4 is 5.32 Å². The second-order valence-electron chi connectivity index (χ2n) is 4.95. The van der Waals surface area contributed by atoms with Crippen LogP contribution >= 0.6 is 12.6 Å². The molecule has 1 N–H and O–H groups in total. The second-order valence-corrected chi connectivity index (χ2v) is 5.50. The number of rotatable bonds is 3. The van der Waals surface area contributed by atoms with Crippen molar-refractivity contribution < 1.29 is 4.79 Å². The summed E-state index contributed by atoms with van der Waals surface area (Å²) in [6.45, 7) is 6.18. The fraction of sp³-hybridized carbons (Fsp3) is 0.909. The summed E-state index contributed by atoms with van der Waals surface area (Å²) in [5.41, 5.74) is 0.0347. The Morgan fingerprint density at radius 3 is 2.29 bits per heavy atom. The molecule has 1 unspecified atom stereocenters. The van der Waals surface area contributed by atoms with Gasteiger partial charge in [-0.2, -0.15) is 12.6 Å². The number of nitrogens with one attached hydrogen (secondary N) is 1. The van der Waals surface area contributed by atoms with E-state index in [0.717, 1.165) is 12.8 Å². The molecule has 0 spiro atoms. The first-order chi connectivity index (χ1) is 6.44. The van der Waals surface area contributed by atoms with Gasteiger partial charge in [-0.15, -0.1) is 0 Å². The van der Waals surface area contributed by atoms with E-state index in [1.165, 1.54) is 12.8 Å². The van der Waals surface area contributed by atoms with Crippen LogP contribution in [0.25, 0.3) is 0 Å². The first-order valence-electron chi connectivity index (χ1n) is 5.45. The van der Waals surface area contributed by atoms with Gasteiger partial charge in [-0.05, 0) is 25.7 Å². The highest BCUT2D eigenvalue weighted by molar-refractivity contribution is 7.81. The molecule has 1 amide bonds. The van der Waals surface area contributed by atoms with E-state index in [1.54, 1.807) is 0 Å². The summed E-state index contributed by atoms with van der Waals surface area (Å²) < 4.78 is 0. The van der Waals surface area contributed by atoms with Crippen LogP contribution in [0.15, 0.2) is 0 Å². The van der Waals surface area contributed by atoms with Crippen LogP contribution in [0.3, 0.4) is 0 Å². The lowest BCUT2D eigenvalue weighted by molar-refractivity contribution is -0.122. The third-order valence-corrected chi connectivity index (χ3v) is 3.86. The van der Waals surface area contributed by atoms with Crippen LogP contribution in [-0.2, 0) is 4.79 Å². The number of amides is 1. The summed E-state index contributed by atoms with van der Waals surface area (Å²) in [7, 11) is 0. The van der Waals surface area contributed by atoms with Crippen molar-refractivity contribution in [3.05, 3.63) is 0 Å². The summed E-state index contributed by atoms with van der Waals surface area (Å²) in [6.07, 6.45) is 4.68. The maximum atomic E-state index is 11.8. The van der Waals surface area contributed by atoms with Crippen molar-refractivity contribution in [3.63, 3.8) is 0 Å². The third-order valence-electron chi connectivity index (χ3n) is 3.03. The quantitative estimate of drug-likeness (QED) is 0.695. The van der Waals surface area contributed by atoms with Gasteiger partial charge in [-0.25, -0.2) is 0 Å². The van der Waals surface area contributed by atoms with Crippen molar-refractivity contribution in [1.82, 2.24) is 5.32 Å². The zero-order valence-corrected chi connectivity index (χ0v) is 10.2. The minimum atomic E-state index is -0.174. The standard InChI is InChI=1S/C11H21NOS/c1-8(2)9(14)10(13)12-11(3)6-4-5-7-11/h8-9,14H,4-7H2,1-3H3,(H,12,13). The van der Waals surface area contributed by atoms with Gasteiger partial charge in [0.05, 0.1) is 5.25 Å². The molecular weight excluding hydrogens is 194 g/mol. The fourth-order valence-electron chi connectivity index (χ4n) is 1.95. The summed E-state index contributed by atoms with van der Waals surface area (Å²) in [5, 5.41) is 2.95. The van der Waals surface area contributed by atoms with Crippen LogP contribution in [0.2, 0.25) is 0 Å². The SMILES string of the molecule is CC(C)C(S)C(=O)NC1(C)CCCC1. The molecule has 3 heteroatoms. The summed E-state index contributed by atoms with van der Waals surface area (Å²) in [4.78, 5) is 11.8. The second kappa shape index (κ2) is 4.56. The molecule has 1 aliphatic carbocycles. The van der Waals surface area contributed by atoms with E-state index in [0.29, 0.717) is 5.92 Å². The average Bonchev–Trinajstić information content (AvgIpc) is 2.50. The maximum absolute atomic E-state index is 11.8. The number of carbonyl (C=O) groups excluding carboxylic acids is 1. The van der Waals surface area contributed by atoms with Gasteiger partial charge >= 0.3 is 0 Å². The lowest BCUT2D eigenvalue weighted by Crippen LogP contribution is -2.47. The normalized spacial score (nSPS) is 22.4. The minimum Gasteiger partial charge on any atom is -0.350 e. The molecule has 0 radical (unpaired) electrons. The van der Waals surface area contributed by atoms with Gasteiger partial charge < -0.3 is 5.32 Å². The molecule has 82 valence electrons. The summed E-state index contributed by atoms with van der Waals surface area (Å²) in [5.74, 6) is 0.385. The monoisotopic (exact) mass is 215 g/mol. The summed E-state index contributed by atoms with van der Waals surface area (Å²) in [6, 6.07) is 0. The van der Waals surface area contributed by atoms with Crippen molar-refractivity contribution in [3.8, 4) is 0 Å². The molecule has 0 aromatic rings. The number of thiol groups is 1. The van der Waals surface area contributed by atoms with E-state index in [4.69, 9.17) is 0 Å². The molecule has 1 fully saturated rings. The molecule has 1 rings (SSSR count). The third kappa shape index (κ3) is 2.91. The highest BCUT2D eigenvalue weighted by Gasteiger charge is 2.32. The predicted molar refractivity (Wildman–Crippen MR) is 62.6 cm³/mol. The van der Waals surface area contributed by atoms with Gasteiger partial charge in [-0.1, -0.05) is 26.7 Å². The highest BCUT2D eigenvalue weighted by Crippen LogP contribution is 2.29. The Kier molecular flexibility index (Phi) is 3.87. The van der Waals surface area contributed by atoms with E-state index in [-0.39, 0.29) is 16.7 Å². The van der Waals surface area contributed by atoms with Gasteiger partial charge in [0.1, 0.15) is 0 Å². The molecule has 0 aliphatic heterocycles. The molecule has 0 aromatic heterocycles. The molecule has 1 aliphatic rings. The van der Waals surface area contributed by atoms with Crippen LogP contribution in [0.4, 0.5) is 0 Å². The van der Waals surface area contributed by atoms with Crippen molar-refractivity contribution in [2.45, 2.75) is 57.2 Å². The average molecular weight is 215 g/mol. The molecule has 0 bridgehead atoms. The van der Waals surface area contributed by atoms with Crippen molar-refractivity contribution in [2.24, 2.45) is 5.92 Å². The van der Waals surface area contributed by atoms with Crippen LogP contribution in [-0.4, -0.2) is 16.7 Å². The Morgan fingerprint density at radius 1 is 1.36 bits per heavy atom. The van der Waals surface area contributed by atoms with Gasteiger partial charge in [0.2, 0.25) is 5.91 Å². The molecule has 0 saturated heterocycles. The number of hydrogen-bond acceptors (Lipinski definition) is 2. The molecule has 0 aromatic carbocycles. The molecule has 2 nitrogen and oxygen atoms in total. The van der Waals surface area contributed by atoms with E-state index >= 15 is 0 Å². The largest absolute Gasteiger partial charge is 0.350 e. The van der Waals surface area contributed by atoms with Crippen LogP contribution in [0, 0.1) is 5.92 Å². The molecule has 0 heterocycles. The van der Waals surface area contributed by atoms with Crippen molar-refractivity contribution in [2.75, 3.05) is 0 Å². The van der Waals surface area contributed by atoms with Crippen LogP contribution in [0.1, 0.15) is 46.5 Å². The number of hydrogen-bond donors (Lipinski definition) is 2. The predicted octanol–water partition coefficient (Wildman–Crippen LogP) is 2.39. The molecule has 1 saturated carbocycles. The van der Waals surface area contributed by atoms with Gasteiger partial charge in [0.25, 0.3) is 0 Å². The Labute approximate surface area is 92.2 Å². The first-order valence-corrected chi connectivity index (χ1v) is 5.96. The summed E-state index contributed by atoms with van der Waals surface area (Å²) >= 11 is 4.32. The zero-order valence-electron chi connectivity index (χ0n) is 9.34. The van der Waals surface area contributed by atoms with Crippen molar-refractivity contribution in [1.29, 1.82) is 0 Å². The Hall–Kier alpha value is -0.180. The molecule has 14 heavy (non-hydrogen) atoms. The Morgan fingerprint density at radius 2 is 1.86 bits per heavy atom. The fourth-order valence-corrected chi connectivity index (χ4v) is 2.02. The van der Waals surface area contributed by atoms with Gasteiger partial charge in [0.15, 0.2) is 0 Å². The maximum Gasteiger partial charge on any atom is 0.233 e.